The van der Waals surface area contributed by atoms with E-state index in [4.69, 9.17) is 4.74 Å². The summed E-state index contributed by atoms with van der Waals surface area (Å²) in [5.74, 6) is 1.82. The van der Waals surface area contributed by atoms with Crippen molar-refractivity contribution >= 4 is 33.8 Å². The number of fused-ring (bicyclic) bond motifs is 11. The summed E-state index contributed by atoms with van der Waals surface area (Å²) in [6.07, 6.45) is 13.5. The standard InChI is InChI=1S/C58H49NO/c1-8-11-12-19-38-27-32-51-55(37(38)4)60-56-45-23-14-13-20-39(45)28-33-52(56)58(51)50(18-9-2)44(10-3)47-30-26-41(35-54(47)58)40-21-17-22-42(34-40)59(7)43-29-31-48-46-24-15-16-25-49(46)57(5,6)53(48)36-43/h8-10,12-36H,1-2,11H2,3-7H3/b19-12-,44-10-,50-18+. The number of ether oxygens (including phenoxy) is 1. The molecule has 292 valence electrons. The molecule has 1 aliphatic heterocycles. The molecule has 1 heterocycles. The first-order valence-electron chi connectivity index (χ1n) is 21.1. The lowest BCUT2D eigenvalue weighted by Gasteiger charge is -2.41. The van der Waals surface area contributed by atoms with E-state index in [-0.39, 0.29) is 5.41 Å². The summed E-state index contributed by atoms with van der Waals surface area (Å²) in [7, 11) is 2.18. The predicted octanol–water partition coefficient (Wildman–Crippen LogP) is 15.4. The Morgan fingerprint density at radius 1 is 0.650 bits per heavy atom. The zero-order valence-corrected chi connectivity index (χ0v) is 35.1. The molecule has 0 saturated heterocycles. The molecule has 1 spiro atoms. The summed E-state index contributed by atoms with van der Waals surface area (Å²) >= 11 is 0. The van der Waals surface area contributed by atoms with Crippen LogP contribution in [0.4, 0.5) is 11.4 Å². The highest BCUT2D eigenvalue weighted by Gasteiger charge is 2.53. The van der Waals surface area contributed by atoms with Gasteiger partial charge in [-0.25, -0.2) is 0 Å². The quantitative estimate of drug-likeness (QED) is 0.150. The first-order valence-corrected chi connectivity index (χ1v) is 21.1. The molecular weight excluding hydrogens is 727 g/mol. The molecular formula is C58H49NO. The van der Waals surface area contributed by atoms with Crippen LogP contribution in [0, 0.1) is 6.92 Å². The fourth-order valence-electron chi connectivity index (χ4n) is 10.4. The van der Waals surface area contributed by atoms with Crippen LogP contribution in [-0.2, 0) is 10.8 Å². The summed E-state index contributed by atoms with van der Waals surface area (Å²) in [4.78, 5) is 2.32. The van der Waals surface area contributed by atoms with Crippen LogP contribution in [0.3, 0.4) is 0 Å². The van der Waals surface area contributed by atoms with Crippen molar-refractivity contribution in [3.8, 4) is 33.8 Å². The maximum atomic E-state index is 7.19. The van der Waals surface area contributed by atoms with Gasteiger partial charge < -0.3 is 9.64 Å². The maximum Gasteiger partial charge on any atom is 0.140 e. The molecule has 0 aromatic heterocycles. The molecule has 0 saturated carbocycles. The van der Waals surface area contributed by atoms with Crippen LogP contribution < -0.4 is 9.64 Å². The van der Waals surface area contributed by atoms with Crippen LogP contribution in [0.2, 0.25) is 0 Å². The van der Waals surface area contributed by atoms with Crippen molar-refractivity contribution in [2.45, 2.75) is 44.9 Å². The van der Waals surface area contributed by atoms with Gasteiger partial charge in [0, 0.05) is 40.4 Å². The van der Waals surface area contributed by atoms with Gasteiger partial charge in [0.2, 0.25) is 0 Å². The molecule has 0 radical (unpaired) electrons. The average molecular weight is 776 g/mol. The van der Waals surface area contributed by atoms with E-state index in [1.807, 2.05) is 12.2 Å². The minimum Gasteiger partial charge on any atom is -0.456 e. The van der Waals surface area contributed by atoms with E-state index >= 15 is 0 Å². The van der Waals surface area contributed by atoms with Crippen molar-refractivity contribution in [1.29, 1.82) is 0 Å². The molecule has 2 aliphatic carbocycles. The Labute approximate surface area is 354 Å². The number of hydrogen-bond acceptors (Lipinski definition) is 2. The van der Waals surface area contributed by atoms with E-state index < -0.39 is 5.41 Å². The molecule has 1 unspecified atom stereocenters. The van der Waals surface area contributed by atoms with Crippen LogP contribution in [0.15, 0.2) is 183 Å². The van der Waals surface area contributed by atoms with Crippen molar-refractivity contribution in [2.24, 2.45) is 0 Å². The second-order valence-corrected chi connectivity index (χ2v) is 16.9. The van der Waals surface area contributed by atoms with Gasteiger partial charge in [0.05, 0.1) is 5.41 Å². The van der Waals surface area contributed by atoms with Gasteiger partial charge in [0.15, 0.2) is 0 Å². The van der Waals surface area contributed by atoms with Gasteiger partial charge in [0.1, 0.15) is 11.5 Å². The third-order valence-corrected chi connectivity index (χ3v) is 13.4. The topological polar surface area (TPSA) is 12.5 Å². The van der Waals surface area contributed by atoms with E-state index in [9.17, 15) is 0 Å². The van der Waals surface area contributed by atoms with Crippen LogP contribution in [0.25, 0.3) is 44.7 Å². The summed E-state index contributed by atoms with van der Waals surface area (Å²) in [5, 5.41) is 2.26. The largest absolute Gasteiger partial charge is 0.456 e. The molecule has 2 nitrogen and oxygen atoms in total. The number of rotatable bonds is 7. The maximum absolute atomic E-state index is 7.19. The highest BCUT2D eigenvalue weighted by Crippen LogP contribution is 2.65. The third-order valence-electron chi connectivity index (χ3n) is 13.4. The van der Waals surface area contributed by atoms with E-state index in [2.05, 4.69) is 211 Å². The Hall–Kier alpha value is -6.90. The van der Waals surface area contributed by atoms with Crippen molar-refractivity contribution in [3.63, 3.8) is 0 Å². The average Bonchev–Trinajstić information content (AvgIpc) is 3.68. The SMILES string of the molecule is C=C/C=C1\C(=C/C)c2ccc(-c3cccc(N(C)c4ccc5c(c4)C(C)(C)c4ccccc4-5)c3)cc2C12c1ccc(/C=C\CC=C)c(C)c1Oc1c2ccc2ccccc12. The molecule has 0 N–H and O–H groups in total. The van der Waals surface area contributed by atoms with Crippen LogP contribution >= 0.6 is 0 Å². The van der Waals surface area contributed by atoms with Crippen molar-refractivity contribution < 1.29 is 4.74 Å². The highest BCUT2D eigenvalue weighted by molar-refractivity contribution is 6.00. The fraction of sp³-hybridized carbons (Fsp3) is 0.138. The Morgan fingerprint density at radius 3 is 2.22 bits per heavy atom. The van der Waals surface area contributed by atoms with E-state index in [1.54, 1.807) is 0 Å². The Kier molecular flexibility index (Phi) is 8.81. The highest BCUT2D eigenvalue weighted by atomic mass is 16.5. The zero-order chi connectivity index (χ0) is 41.3. The van der Waals surface area contributed by atoms with Crippen LogP contribution in [-0.4, -0.2) is 7.05 Å². The number of nitrogens with zero attached hydrogens (tertiary/aromatic N) is 1. The second kappa shape index (κ2) is 14.1. The number of anilines is 2. The van der Waals surface area contributed by atoms with Gasteiger partial charge in [-0.15, -0.1) is 6.58 Å². The van der Waals surface area contributed by atoms with Gasteiger partial charge in [-0.1, -0.05) is 160 Å². The zero-order valence-electron chi connectivity index (χ0n) is 35.1. The minimum atomic E-state index is -0.661. The summed E-state index contributed by atoms with van der Waals surface area (Å²) < 4.78 is 7.19. The van der Waals surface area contributed by atoms with Crippen molar-refractivity contribution in [2.75, 3.05) is 11.9 Å². The van der Waals surface area contributed by atoms with E-state index in [0.717, 1.165) is 56.6 Å². The molecule has 0 bridgehead atoms. The molecule has 10 rings (SSSR count). The van der Waals surface area contributed by atoms with Crippen LogP contribution in [0.1, 0.15) is 71.7 Å². The molecule has 0 amide bonds. The molecule has 1 atom stereocenters. The number of hydrogen-bond donors (Lipinski definition) is 0. The first kappa shape index (κ1) is 37.4. The molecule has 0 fully saturated rings. The van der Waals surface area contributed by atoms with Gasteiger partial charge in [-0.2, -0.15) is 0 Å². The molecule has 7 aromatic carbocycles. The molecule has 7 aromatic rings. The van der Waals surface area contributed by atoms with E-state index in [1.165, 1.54) is 61.3 Å². The lowest BCUT2D eigenvalue weighted by atomic mass is 9.64. The smallest absolute Gasteiger partial charge is 0.140 e. The Bertz CT molecular complexity index is 3040. The fourth-order valence-corrected chi connectivity index (χ4v) is 10.4. The molecule has 3 aliphatic rings. The predicted molar refractivity (Wildman–Crippen MR) is 255 cm³/mol. The minimum absolute atomic E-state index is 0.0638. The lowest BCUT2D eigenvalue weighted by Crippen LogP contribution is -2.33. The Morgan fingerprint density at radius 2 is 1.38 bits per heavy atom. The van der Waals surface area contributed by atoms with Gasteiger partial charge >= 0.3 is 0 Å². The lowest BCUT2D eigenvalue weighted by molar-refractivity contribution is 0.438. The van der Waals surface area contributed by atoms with Crippen molar-refractivity contribution in [1.82, 2.24) is 0 Å². The summed E-state index contributed by atoms with van der Waals surface area (Å²) in [6, 6.07) is 49.5. The molecule has 60 heavy (non-hydrogen) atoms. The number of benzene rings is 7. The van der Waals surface area contributed by atoms with Gasteiger partial charge in [-0.3, -0.25) is 0 Å². The van der Waals surface area contributed by atoms with Crippen LogP contribution in [0.5, 0.6) is 11.5 Å². The molecule has 2 heteroatoms. The van der Waals surface area contributed by atoms with Gasteiger partial charge in [-0.05, 0) is 123 Å². The third kappa shape index (κ3) is 5.33. The second-order valence-electron chi connectivity index (χ2n) is 16.9. The summed E-state index contributed by atoms with van der Waals surface area (Å²) in [6.45, 7) is 17.2. The summed E-state index contributed by atoms with van der Waals surface area (Å²) in [5.41, 5.74) is 18.8. The van der Waals surface area contributed by atoms with E-state index in [0.29, 0.717) is 0 Å². The van der Waals surface area contributed by atoms with Crippen molar-refractivity contribution in [3.05, 3.63) is 227 Å². The first-order chi connectivity index (χ1) is 29.2. The normalized spacial score (nSPS) is 17.9. The number of allylic oxidation sites excluding steroid dienone is 7. The van der Waals surface area contributed by atoms with Gasteiger partial charge in [0.25, 0.3) is 0 Å². The monoisotopic (exact) mass is 775 g/mol. The Balaban J connectivity index is 1.16.